The number of anilines is 1. The average Bonchev–Trinajstić information content (AvgIpc) is 3.38. The van der Waals surface area contributed by atoms with Gasteiger partial charge >= 0.3 is 5.97 Å². The Balaban J connectivity index is 1.65. The molecule has 0 saturated carbocycles. The van der Waals surface area contributed by atoms with Crippen molar-refractivity contribution in [3.8, 4) is 5.69 Å². The number of esters is 1. The molecule has 0 aliphatic carbocycles. The summed E-state index contributed by atoms with van der Waals surface area (Å²) in [6, 6.07) is 11.3. The summed E-state index contributed by atoms with van der Waals surface area (Å²) in [5.74, 6) is -1.17. The Hall–Kier alpha value is -2.98. The Morgan fingerprint density at radius 1 is 1.23 bits per heavy atom. The minimum atomic E-state index is -0.734. The summed E-state index contributed by atoms with van der Waals surface area (Å²) < 4.78 is 7.29. The van der Waals surface area contributed by atoms with Gasteiger partial charge in [0, 0.05) is 11.9 Å². The van der Waals surface area contributed by atoms with Gasteiger partial charge < -0.3 is 15.4 Å². The van der Waals surface area contributed by atoms with Crippen LogP contribution in [-0.2, 0) is 9.53 Å². The number of thiophene rings is 1. The second-order valence-electron chi connectivity index (χ2n) is 6.20. The fourth-order valence-corrected chi connectivity index (χ4v) is 3.82. The number of halogens is 1. The first kappa shape index (κ1) is 21.7. The molecule has 0 bridgehead atoms. The molecule has 2 amide bonds. The van der Waals surface area contributed by atoms with Crippen LogP contribution in [0.2, 0.25) is 0 Å². The van der Waals surface area contributed by atoms with Crippen LogP contribution in [0.15, 0.2) is 52.4 Å². The third kappa shape index (κ3) is 5.33. The maximum atomic E-state index is 12.5. The maximum Gasteiger partial charge on any atom is 0.358 e. The van der Waals surface area contributed by atoms with Crippen molar-refractivity contribution < 1.29 is 19.1 Å². The van der Waals surface area contributed by atoms with Crippen molar-refractivity contribution in [2.45, 2.75) is 19.9 Å². The normalized spacial score (nSPS) is 11.6. The van der Waals surface area contributed by atoms with Gasteiger partial charge in [0.15, 0.2) is 5.69 Å². The molecule has 1 atom stereocenters. The largest absolute Gasteiger partial charge is 0.461 e. The van der Waals surface area contributed by atoms with E-state index >= 15 is 0 Å². The topological polar surface area (TPSA) is 102 Å². The summed E-state index contributed by atoms with van der Waals surface area (Å²) in [5, 5.41) is 9.64. The molecule has 1 unspecified atom stereocenters. The Morgan fingerprint density at radius 2 is 2.03 bits per heavy atom. The van der Waals surface area contributed by atoms with Gasteiger partial charge in [-0.05, 0) is 66.2 Å². The molecule has 30 heavy (non-hydrogen) atoms. The molecule has 0 saturated heterocycles. The van der Waals surface area contributed by atoms with Crippen molar-refractivity contribution in [1.82, 2.24) is 15.1 Å². The van der Waals surface area contributed by atoms with E-state index in [4.69, 9.17) is 4.74 Å². The van der Waals surface area contributed by atoms with E-state index in [0.717, 1.165) is 3.79 Å². The summed E-state index contributed by atoms with van der Waals surface area (Å²) in [5.41, 5.74) is 1.39. The van der Waals surface area contributed by atoms with Gasteiger partial charge in [-0.3, -0.25) is 9.59 Å². The van der Waals surface area contributed by atoms with Crippen molar-refractivity contribution in [3.63, 3.8) is 0 Å². The number of rotatable bonds is 7. The molecular formula is C20H19BrN4O4S. The smallest absolute Gasteiger partial charge is 0.358 e. The van der Waals surface area contributed by atoms with E-state index < -0.39 is 12.0 Å². The summed E-state index contributed by atoms with van der Waals surface area (Å²) in [6.45, 7) is 3.61. The molecule has 156 valence electrons. The lowest BCUT2D eigenvalue weighted by atomic mass is 10.2. The second-order valence-corrected chi connectivity index (χ2v) is 8.67. The average molecular weight is 491 g/mol. The summed E-state index contributed by atoms with van der Waals surface area (Å²) in [4.78, 5) is 37.0. The molecule has 2 heterocycles. The van der Waals surface area contributed by atoms with E-state index in [1.54, 1.807) is 62.5 Å². The van der Waals surface area contributed by atoms with E-state index in [1.165, 1.54) is 16.0 Å². The molecule has 0 aliphatic heterocycles. The highest BCUT2D eigenvalue weighted by atomic mass is 79.9. The Kier molecular flexibility index (Phi) is 7.01. The highest BCUT2D eigenvalue weighted by Gasteiger charge is 2.18. The lowest BCUT2D eigenvalue weighted by Gasteiger charge is -2.14. The van der Waals surface area contributed by atoms with Gasteiger partial charge in [-0.25, -0.2) is 9.48 Å². The molecule has 8 nitrogen and oxygen atoms in total. The van der Waals surface area contributed by atoms with Gasteiger partial charge in [-0.15, -0.1) is 11.3 Å². The SMILES string of the molecule is CCOC(=O)c1ccn(-c2cccc(NC(=O)C(C)NC(=O)c3ccc(Br)s3)c2)n1. The maximum absolute atomic E-state index is 12.5. The monoisotopic (exact) mass is 490 g/mol. The molecule has 3 aromatic rings. The Bertz CT molecular complexity index is 1080. The number of nitrogens with one attached hydrogen (secondary N) is 2. The summed E-state index contributed by atoms with van der Waals surface area (Å²) >= 11 is 4.60. The molecule has 2 aromatic heterocycles. The molecular weight excluding hydrogens is 472 g/mol. The van der Waals surface area contributed by atoms with E-state index in [9.17, 15) is 14.4 Å². The Labute approximate surface area is 185 Å². The van der Waals surface area contributed by atoms with Gasteiger partial charge in [-0.1, -0.05) is 6.07 Å². The molecule has 0 spiro atoms. The zero-order chi connectivity index (χ0) is 21.7. The number of hydrogen-bond acceptors (Lipinski definition) is 6. The number of carbonyl (C=O) groups excluding carboxylic acids is 3. The number of amides is 2. The number of aromatic nitrogens is 2. The van der Waals surface area contributed by atoms with E-state index in [2.05, 4.69) is 31.7 Å². The zero-order valence-electron chi connectivity index (χ0n) is 16.2. The van der Waals surface area contributed by atoms with Crippen LogP contribution in [0.4, 0.5) is 5.69 Å². The van der Waals surface area contributed by atoms with Crippen molar-refractivity contribution in [2.75, 3.05) is 11.9 Å². The second kappa shape index (κ2) is 9.68. The first-order valence-corrected chi connectivity index (χ1v) is 10.7. The van der Waals surface area contributed by atoms with Gasteiger partial charge in [0.05, 0.1) is 21.0 Å². The van der Waals surface area contributed by atoms with Crippen LogP contribution in [-0.4, -0.2) is 40.2 Å². The third-order valence-electron chi connectivity index (χ3n) is 3.99. The summed E-state index contributed by atoms with van der Waals surface area (Å²) in [6.07, 6.45) is 1.63. The molecule has 1 aromatic carbocycles. The Morgan fingerprint density at radius 3 is 2.73 bits per heavy atom. The lowest BCUT2D eigenvalue weighted by Crippen LogP contribution is -2.41. The fraction of sp³-hybridized carbons (Fsp3) is 0.200. The van der Waals surface area contributed by atoms with Crippen molar-refractivity contribution in [2.24, 2.45) is 0 Å². The van der Waals surface area contributed by atoms with E-state index in [1.807, 2.05) is 0 Å². The first-order chi connectivity index (χ1) is 14.4. The zero-order valence-corrected chi connectivity index (χ0v) is 18.6. The molecule has 3 rings (SSSR count). The van der Waals surface area contributed by atoms with Gasteiger partial charge in [0.1, 0.15) is 6.04 Å². The molecule has 10 heteroatoms. The van der Waals surface area contributed by atoms with Crippen molar-refractivity contribution >= 4 is 50.7 Å². The highest BCUT2D eigenvalue weighted by Crippen LogP contribution is 2.22. The quantitative estimate of drug-likeness (QED) is 0.492. The van der Waals surface area contributed by atoms with Crippen LogP contribution in [0.1, 0.15) is 34.0 Å². The predicted octanol–water partition coefficient (Wildman–Crippen LogP) is 3.63. The number of carbonyl (C=O) groups is 3. The third-order valence-corrected chi connectivity index (χ3v) is 5.61. The molecule has 0 fully saturated rings. The van der Waals surface area contributed by atoms with Gasteiger partial charge in [0.25, 0.3) is 5.91 Å². The highest BCUT2D eigenvalue weighted by molar-refractivity contribution is 9.11. The number of hydrogen-bond donors (Lipinski definition) is 2. The summed E-state index contributed by atoms with van der Waals surface area (Å²) in [7, 11) is 0. The van der Waals surface area contributed by atoms with Gasteiger partial charge in [-0.2, -0.15) is 5.10 Å². The standard InChI is InChI=1S/C20H19BrN4O4S/c1-3-29-20(28)15-9-10-25(24-15)14-6-4-5-13(11-14)23-18(26)12(2)22-19(27)16-7-8-17(21)30-16/h4-12H,3H2,1-2H3,(H,22,27)(H,23,26). The minimum absolute atomic E-state index is 0.197. The number of ether oxygens (including phenoxy) is 1. The van der Waals surface area contributed by atoms with E-state index in [-0.39, 0.29) is 24.1 Å². The number of nitrogens with zero attached hydrogens (tertiary/aromatic N) is 2. The van der Waals surface area contributed by atoms with E-state index in [0.29, 0.717) is 16.3 Å². The number of benzene rings is 1. The van der Waals surface area contributed by atoms with Crippen LogP contribution in [0.25, 0.3) is 5.69 Å². The molecule has 0 radical (unpaired) electrons. The van der Waals surface area contributed by atoms with Crippen LogP contribution < -0.4 is 10.6 Å². The molecule has 2 N–H and O–H groups in total. The van der Waals surface area contributed by atoms with Crippen molar-refractivity contribution in [1.29, 1.82) is 0 Å². The van der Waals surface area contributed by atoms with Crippen molar-refractivity contribution in [3.05, 3.63) is 63.0 Å². The van der Waals surface area contributed by atoms with Gasteiger partial charge in [0.2, 0.25) is 5.91 Å². The fourth-order valence-electron chi connectivity index (χ4n) is 2.53. The van der Waals surface area contributed by atoms with Crippen LogP contribution in [0, 0.1) is 0 Å². The van der Waals surface area contributed by atoms with Crippen LogP contribution >= 0.6 is 27.3 Å². The van der Waals surface area contributed by atoms with Crippen LogP contribution in [0.5, 0.6) is 0 Å². The minimum Gasteiger partial charge on any atom is -0.461 e. The molecule has 0 aliphatic rings. The lowest BCUT2D eigenvalue weighted by molar-refractivity contribution is -0.117. The predicted molar refractivity (Wildman–Crippen MR) is 117 cm³/mol. The van der Waals surface area contributed by atoms with Crippen LogP contribution in [0.3, 0.4) is 0 Å². The first-order valence-electron chi connectivity index (χ1n) is 9.07.